The van der Waals surface area contributed by atoms with Gasteiger partial charge < -0.3 is 9.84 Å². The molecular formula is C13H22N4O. The van der Waals surface area contributed by atoms with E-state index >= 15 is 0 Å². The molecule has 0 amide bonds. The molecule has 1 aromatic heterocycles. The molecule has 2 aliphatic heterocycles. The van der Waals surface area contributed by atoms with Gasteiger partial charge in [-0.05, 0) is 52.4 Å². The average molecular weight is 250 g/mol. The van der Waals surface area contributed by atoms with E-state index in [0.717, 1.165) is 50.6 Å². The van der Waals surface area contributed by atoms with Crippen molar-refractivity contribution < 1.29 is 4.52 Å². The average Bonchev–Trinajstić information content (AvgIpc) is 2.90. The Morgan fingerprint density at radius 3 is 2.83 bits per heavy atom. The molecule has 2 saturated heterocycles. The Balaban J connectivity index is 1.71. The number of hydrogen-bond donors (Lipinski definition) is 1. The SMILES string of the molecule is CN1CCCCC1c1noc(C2CCNCC2)n1. The van der Waals surface area contributed by atoms with E-state index in [1.165, 1.54) is 12.8 Å². The molecule has 5 nitrogen and oxygen atoms in total. The highest BCUT2D eigenvalue weighted by Gasteiger charge is 2.27. The van der Waals surface area contributed by atoms with Gasteiger partial charge in [-0.1, -0.05) is 11.6 Å². The fourth-order valence-corrected chi connectivity index (χ4v) is 3.02. The Bertz CT molecular complexity index is 386. The molecule has 1 aromatic rings. The van der Waals surface area contributed by atoms with Crippen molar-refractivity contribution in [2.24, 2.45) is 0 Å². The van der Waals surface area contributed by atoms with E-state index in [-0.39, 0.29) is 0 Å². The zero-order chi connectivity index (χ0) is 12.4. The maximum atomic E-state index is 5.49. The summed E-state index contributed by atoms with van der Waals surface area (Å²) < 4.78 is 5.49. The van der Waals surface area contributed by atoms with Crippen LogP contribution in [0.5, 0.6) is 0 Å². The van der Waals surface area contributed by atoms with Crippen LogP contribution in [0, 0.1) is 0 Å². The third-order valence-corrected chi connectivity index (χ3v) is 4.21. The third-order valence-electron chi connectivity index (χ3n) is 4.21. The predicted octanol–water partition coefficient (Wildman–Crippen LogP) is 1.69. The van der Waals surface area contributed by atoms with Crippen molar-refractivity contribution in [2.45, 2.75) is 44.1 Å². The molecule has 0 spiro atoms. The van der Waals surface area contributed by atoms with Gasteiger partial charge in [-0.25, -0.2) is 0 Å². The quantitative estimate of drug-likeness (QED) is 0.865. The summed E-state index contributed by atoms with van der Waals surface area (Å²) in [5.41, 5.74) is 0. The van der Waals surface area contributed by atoms with Crippen LogP contribution < -0.4 is 5.32 Å². The predicted molar refractivity (Wildman–Crippen MR) is 68.4 cm³/mol. The van der Waals surface area contributed by atoms with Gasteiger partial charge in [-0.2, -0.15) is 4.98 Å². The fourth-order valence-electron chi connectivity index (χ4n) is 3.02. The monoisotopic (exact) mass is 250 g/mol. The topological polar surface area (TPSA) is 54.2 Å². The summed E-state index contributed by atoms with van der Waals surface area (Å²) >= 11 is 0. The van der Waals surface area contributed by atoms with Crippen LogP contribution in [0.4, 0.5) is 0 Å². The molecule has 3 heterocycles. The highest BCUT2D eigenvalue weighted by Crippen LogP contribution is 2.30. The van der Waals surface area contributed by atoms with E-state index in [9.17, 15) is 0 Å². The third kappa shape index (κ3) is 2.42. The number of likely N-dealkylation sites (tertiary alicyclic amines) is 1. The van der Waals surface area contributed by atoms with Crippen LogP contribution in [0.1, 0.15) is 55.8 Å². The van der Waals surface area contributed by atoms with Crippen LogP contribution in [0.25, 0.3) is 0 Å². The number of aromatic nitrogens is 2. The Morgan fingerprint density at radius 1 is 1.22 bits per heavy atom. The maximum absolute atomic E-state index is 5.49. The Hall–Kier alpha value is -0.940. The number of hydrogen-bond acceptors (Lipinski definition) is 5. The van der Waals surface area contributed by atoms with Crippen LogP contribution in [0.3, 0.4) is 0 Å². The highest BCUT2D eigenvalue weighted by molar-refractivity contribution is 5.00. The standard InChI is InChI=1S/C13H22N4O/c1-17-9-3-2-4-11(17)12-15-13(18-16-12)10-5-7-14-8-6-10/h10-11,14H,2-9H2,1H3. The number of nitrogens with zero attached hydrogens (tertiary/aromatic N) is 3. The summed E-state index contributed by atoms with van der Waals surface area (Å²) in [6.45, 7) is 3.26. The van der Waals surface area contributed by atoms with Crippen molar-refractivity contribution in [3.05, 3.63) is 11.7 Å². The van der Waals surface area contributed by atoms with Crippen LogP contribution >= 0.6 is 0 Å². The van der Waals surface area contributed by atoms with Crippen molar-refractivity contribution in [1.82, 2.24) is 20.4 Å². The second-order valence-electron chi connectivity index (χ2n) is 5.51. The van der Waals surface area contributed by atoms with Crippen LogP contribution in [-0.4, -0.2) is 41.7 Å². The lowest BCUT2D eigenvalue weighted by Gasteiger charge is -2.29. The van der Waals surface area contributed by atoms with E-state index in [1.54, 1.807) is 0 Å². The molecular weight excluding hydrogens is 228 g/mol. The largest absolute Gasteiger partial charge is 0.339 e. The molecule has 1 unspecified atom stereocenters. The van der Waals surface area contributed by atoms with E-state index in [1.807, 2.05) is 0 Å². The molecule has 0 radical (unpaired) electrons. The van der Waals surface area contributed by atoms with Gasteiger partial charge in [0.25, 0.3) is 0 Å². The zero-order valence-corrected chi connectivity index (χ0v) is 11.1. The fraction of sp³-hybridized carbons (Fsp3) is 0.846. The molecule has 3 rings (SSSR count). The van der Waals surface area contributed by atoms with E-state index in [4.69, 9.17) is 4.52 Å². The number of nitrogens with one attached hydrogen (secondary N) is 1. The summed E-state index contributed by atoms with van der Waals surface area (Å²) in [7, 11) is 2.16. The Kier molecular flexibility index (Phi) is 3.61. The minimum Gasteiger partial charge on any atom is -0.339 e. The Labute approximate surface area is 108 Å². The van der Waals surface area contributed by atoms with Gasteiger partial charge in [0, 0.05) is 5.92 Å². The first-order chi connectivity index (χ1) is 8.84. The minimum atomic E-state index is 0.359. The Morgan fingerprint density at radius 2 is 2.06 bits per heavy atom. The number of piperidine rings is 2. The summed E-state index contributed by atoms with van der Waals surface area (Å²) in [5.74, 6) is 2.21. The summed E-state index contributed by atoms with van der Waals surface area (Å²) in [4.78, 5) is 7.01. The molecule has 2 aliphatic rings. The van der Waals surface area contributed by atoms with Crippen molar-refractivity contribution in [3.8, 4) is 0 Å². The summed E-state index contributed by atoms with van der Waals surface area (Å²) in [6, 6.07) is 0.359. The van der Waals surface area contributed by atoms with Crippen molar-refractivity contribution in [2.75, 3.05) is 26.7 Å². The molecule has 0 aromatic carbocycles. The lowest BCUT2D eigenvalue weighted by molar-refractivity contribution is 0.175. The van der Waals surface area contributed by atoms with Crippen molar-refractivity contribution in [1.29, 1.82) is 0 Å². The van der Waals surface area contributed by atoms with Crippen molar-refractivity contribution in [3.63, 3.8) is 0 Å². The van der Waals surface area contributed by atoms with Gasteiger partial charge in [0.05, 0.1) is 6.04 Å². The van der Waals surface area contributed by atoms with E-state index in [2.05, 4.69) is 27.4 Å². The molecule has 2 fully saturated rings. The first-order valence-electron chi connectivity index (χ1n) is 7.09. The molecule has 1 N–H and O–H groups in total. The van der Waals surface area contributed by atoms with Crippen LogP contribution in [0.15, 0.2) is 4.52 Å². The van der Waals surface area contributed by atoms with Crippen molar-refractivity contribution >= 4 is 0 Å². The van der Waals surface area contributed by atoms with Gasteiger partial charge in [0.1, 0.15) is 0 Å². The van der Waals surface area contributed by atoms with Gasteiger partial charge in [0.15, 0.2) is 5.82 Å². The summed E-state index contributed by atoms with van der Waals surface area (Å²) in [5, 5.41) is 7.58. The lowest BCUT2D eigenvalue weighted by atomic mass is 9.98. The minimum absolute atomic E-state index is 0.359. The maximum Gasteiger partial charge on any atom is 0.229 e. The van der Waals surface area contributed by atoms with Gasteiger partial charge in [0.2, 0.25) is 5.89 Å². The molecule has 5 heteroatoms. The smallest absolute Gasteiger partial charge is 0.229 e. The van der Waals surface area contributed by atoms with Crippen LogP contribution in [-0.2, 0) is 0 Å². The van der Waals surface area contributed by atoms with E-state index < -0.39 is 0 Å². The van der Waals surface area contributed by atoms with Gasteiger partial charge in [-0.3, -0.25) is 4.90 Å². The first kappa shape index (κ1) is 12.1. The van der Waals surface area contributed by atoms with E-state index in [0.29, 0.717) is 12.0 Å². The second-order valence-corrected chi connectivity index (χ2v) is 5.51. The van der Waals surface area contributed by atoms with Crippen LogP contribution in [0.2, 0.25) is 0 Å². The zero-order valence-electron chi connectivity index (χ0n) is 11.1. The lowest BCUT2D eigenvalue weighted by Crippen LogP contribution is -2.30. The molecule has 0 bridgehead atoms. The number of rotatable bonds is 2. The molecule has 18 heavy (non-hydrogen) atoms. The molecule has 0 aliphatic carbocycles. The highest BCUT2D eigenvalue weighted by atomic mass is 16.5. The molecule has 100 valence electrons. The van der Waals surface area contributed by atoms with Gasteiger partial charge in [-0.15, -0.1) is 0 Å². The summed E-state index contributed by atoms with van der Waals surface area (Å²) in [6.07, 6.45) is 5.93. The molecule has 1 atom stereocenters. The van der Waals surface area contributed by atoms with Gasteiger partial charge >= 0.3 is 0 Å². The second kappa shape index (κ2) is 5.36. The first-order valence-corrected chi connectivity index (χ1v) is 7.09. The molecule has 0 saturated carbocycles. The normalized spacial score (nSPS) is 27.5.